The molecular formula is C26H26N6O3. The molecule has 5 rings (SSSR count). The number of pyridine rings is 1. The first-order chi connectivity index (χ1) is 17.2. The summed E-state index contributed by atoms with van der Waals surface area (Å²) in [6.45, 7) is 2.05. The zero-order valence-electron chi connectivity index (χ0n) is 19.4. The maximum atomic E-state index is 12.9. The zero-order valence-corrected chi connectivity index (χ0v) is 19.4. The third-order valence-electron chi connectivity index (χ3n) is 5.91. The molecule has 0 saturated carbocycles. The van der Waals surface area contributed by atoms with Crippen LogP contribution in [0.5, 0.6) is 5.75 Å². The predicted octanol–water partition coefficient (Wildman–Crippen LogP) is 3.56. The molecule has 0 amide bonds. The number of nitrogens with one attached hydrogen (secondary N) is 1. The minimum Gasteiger partial charge on any atom is -0.497 e. The van der Waals surface area contributed by atoms with E-state index in [1.807, 2.05) is 59.3 Å². The lowest BCUT2D eigenvalue weighted by Crippen LogP contribution is -2.28. The molecule has 0 bridgehead atoms. The fourth-order valence-electron chi connectivity index (χ4n) is 4.09. The summed E-state index contributed by atoms with van der Waals surface area (Å²) in [5.41, 5.74) is 2.47. The highest BCUT2D eigenvalue weighted by Gasteiger charge is 2.17. The molecule has 2 aromatic carbocycles. The Labute approximate surface area is 202 Å². The summed E-state index contributed by atoms with van der Waals surface area (Å²) in [7, 11) is 1.60. The van der Waals surface area contributed by atoms with Gasteiger partial charge in [0.2, 0.25) is 0 Å². The number of furan rings is 1. The number of aryl methyl sites for hydroxylation is 2. The molecule has 9 heteroatoms. The Bertz CT molecular complexity index is 1440. The number of rotatable bonds is 10. The molecule has 0 aliphatic carbocycles. The van der Waals surface area contributed by atoms with Crippen LogP contribution in [-0.4, -0.2) is 37.2 Å². The fraction of sp³-hybridized carbons (Fsp3) is 0.231. The number of nitrogens with zero attached hydrogens (tertiary/aromatic N) is 5. The summed E-state index contributed by atoms with van der Waals surface area (Å²) < 4.78 is 12.7. The smallest absolute Gasteiger partial charge is 0.252 e. The van der Waals surface area contributed by atoms with Gasteiger partial charge in [-0.3, -0.25) is 9.69 Å². The molecule has 3 heterocycles. The molecule has 9 nitrogen and oxygen atoms in total. The largest absolute Gasteiger partial charge is 0.497 e. The first-order valence-corrected chi connectivity index (χ1v) is 11.4. The Morgan fingerprint density at radius 2 is 1.91 bits per heavy atom. The fourth-order valence-corrected chi connectivity index (χ4v) is 4.09. The van der Waals surface area contributed by atoms with Gasteiger partial charge < -0.3 is 14.1 Å². The Balaban J connectivity index is 1.38. The van der Waals surface area contributed by atoms with Crippen molar-refractivity contribution < 1.29 is 9.15 Å². The second-order valence-electron chi connectivity index (χ2n) is 8.36. The normalized spacial score (nSPS) is 11.4. The van der Waals surface area contributed by atoms with Crippen LogP contribution < -0.4 is 10.3 Å². The van der Waals surface area contributed by atoms with Gasteiger partial charge in [0.1, 0.15) is 11.5 Å². The van der Waals surface area contributed by atoms with Crippen molar-refractivity contribution in [3.63, 3.8) is 0 Å². The highest BCUT2D eigenvalue weighted by Crippen LogP contribution is 2.20. The molecule has 178 valence electrons. The van der Waals surface area contributed by atoms with Gasteiger partial charge in [-0.2, -0.15) is 0 Å². The molecule has 0 aliphatic rings. The van der Waals surface area contributed by atoms with E-state index in [0.29, 0.717) is 37.5 Å². The minimum atomic E-state index is -0.140. The average molecular weight is 471 g/mol. The summed E-state index contributed by atoms with van der Waals surface area (Å²) >= 11 is 0. The summed E-state index contributed by atoms with van der Waals surface area (Å²) in [6, 6.07) is 21.6. The number of tetrazole rings is 1. The predicted molar refractivity (Wildman–Crippen MR) is 131 cm³/mol. The second-order valence-corrected chi connectivity index (χ2v) is 8.36. The second kappa shape index (κ2) is 10.4. The third-order valence-corrected chi connectivity index (χ3v) is 5.91. The Morgan fingerprint density at radius 3 is 2.71 bits per heavy atom. The van der Waals surface area contributed by atoms with Crippen LogP contribution in [-0.2, 0) is 32.6 Å². The molecule has 0 radical (unpaired) electrons. The number of aromatic nitrogens is 5. The van der Waals surface area contributed by atoms with Crippen LogP contribution >= 0.6 is 0 Å². The van der Waals surface area contributed by atoms with E-state index in [1.165, 1.54) is 5.56 Å². The molecule has 5 aromatic rings. The van der Waals surface area contributed by atoms with E-state index in [-0.39, 0.29) is 5.56 Å². The number of ether oxygens (including phenoxy) is 1. The summed E-state index contributed by atoms with van der Waals surface area (Å²) in [4.78, 5) is 18.0. The van der Waals surface area contributed by atoms with Crippen LogP contribution in [0, 0.1) is 0 Å². The van der Waals surface area contributed by atoms with Crippen molar-refractivity contribution in [3.05, 3.63) is 106 Å². The van der Waals surface area contributed by atoms with E-state index in [1.54, 1.807) is 13.4 Å². The maximum Gasteiger partial charge on any atom is 0.252 e. The molecule has 1 N–H and O–H groups in total. The van der Waals surface area contributed by atoms with Crippen molar-refractivity contribution in [1.82, 2.24) is 30.1 Å². The number of fused-ring (bicyclic) bond motifs is 1. The van der Waals surface area contributed by atoms with Crippen LogP contribution in [0.3, 0.4) is 0 Å². The van der Waals surface area contributed by atoms with E-state index in [0.717, 1.165) is 28.9 Å². The van der Waals surface area contributed by atoms with Crippen LogP contribution in [0.25, 0.3) is 10.9 Å². The Hall–Kier alpha value is -4.24. The van der Waals surface area contributed by atoms with E-state index in [2.05, 4.69) is 37.5 Å². The molecule has 0 aliphatic heterocycles. The molecule has 3 aromatic heterocycles. The van der Waals surface area contributed by atoms with Crippen LogP contribution in [0.2, 0.25) is 0 Å². The number of H-pyrrole nitrogens is 1. The van der Waals surface area contributed by atoms with Crippen molar-refractivity contribution in [1.29, 1.82) is 0 Å². The SMILES string of the molecule is COc1ccc2cc(CN(Cc3ccco3)Cc3nnnn3CCc3ccccc3)c(=O)[nH]c2c1. The lowest BCUT2D eigenvalue weighted by molar-refractivity contribution is 0.216. The van der Waals surface area contributed by atoms with E-state index >= 15 is 0 Å². The molecule has 0 fully saturated rings. The molecule has 0 saturated heterocycles. The molecular weight excluding hydrogens is 444 g/mol. The van der Waals surface area contributed by atoms with Crippen LogP contribution in [0.1, 0.15) is 22.7 Å². The number of hydrogen-bond donors (Lipinski definition) is 1. The zero-order chi connectivity index (χ0) is 24.0. The highest BCUT2D eigenvalue weighted by atomic mass is 16.5. The van der Waals surface area contributed by atoms with Gasteiger partial charge >= 0.3 is 0 Å². The van der Waals surface area contributed by atoms with Gasteiger partial charge in [-0.05, 0) is 58.1 Å². The number of methoxy groups -OCH3 is 1. The van der Waals surface area contributed by atoms with Crippen LogP contribution in [0.4, 0.5) is 0 Å². The van der Waals surface area contributed by atoms with E-state index < -0.39 is 0 Å². The molecule has 0 atom stereocenters. The average Bonchev–Trinajstić information content (AvgIpc) is 3.55. The standard InChI is InChI=1S/C26H26N6O3/c1-34-22-10-9-20-14-21(26(33)27-24(20)15-22)16-31(17-23-8-5-13-35-23)18-25-28-29-30-32(25)12-11-19-6-3-2-4-7-19/h2-10,13-15H,11-12,16-18H2,1H3,(H,27,33). The van der Waals surface area contributed by atoms with Gasteiger partial charge in [0.15, 0.2) is 5.82 Å². The number of benzene rings is 2. The highest BCUT2D eigenvalue weighted by molar-refractivity contribution is 5.80. The summed E-state index contributed by atoms with van der Waals surface area (Å²) in [5.74, 6) is 2.23. The molecule has 0 spiro atoms. The first-order valence-electron chi connectivity index (χ1n) is 11.4. The van der Waals surface area contributed by atoms with Gasteiger partial charge in [-0.25, -0.2) is 4.68 Å². The van der Waals surface area contributed by atoms with Gasteiger partial charge in [-0.15, -0.1) is 5.10 Å². The van der Waals surface area contributed by atoms with Crippen molar-refractivity contribution in [2.45, 2.75) is 32.6 Å². The Kier molecular flexibility index (Phi) is 6.67. The van der Waals surface area contributed by atoms with Crippen LogP contribution in [0.15, 0.2) is 82.2 Å². The first kappa shape index (κ1) is 22.5. The van der Waals surface area contributed by atoms with Gasteiger partial charge in [-0.1, -0.05) is 30.3 Å². The van der Waals surface area contributed by atoms with Crippen molar-refractivity contribution >= 4 is 10.9 Å². The van der Waals surface area contributed by atoms with Gasteiger partial charge in [0, 0.05) is 24.7 Å². The van der Waals surface area contributed by atoms with Gasteiger partial charge in [0.25, 0.3) is 5.56 Å². The molecule has 0 unspecified atom stereocenters. The number of aromatic amines is 1. The van der Waals surface area contributed by atoms with E-state index in [9.17, 15) is 4.79 Å². The summed E-state index contributed by atoms with van der Waals surface area (Å²) in [6.07, 6.45) is 2.47. The maximum absolute atomic E-state index is 12.9. The van der Waals surface area contributed by atoms with E-state index in [4.69, 9.17) is 9.15 Å². The monoisotopic (exact) mass is 470 g/mol. The lowest BCUT2D eigenvalue weighted by Gasteiger charge is -2.20. The minimum absolute atomic E-state index is 0.140. The van der Waals surface area contributed by atoms with Crippen molar-refractivity contribution in [2.24, 2.45) is 0 Å². The third kappa shape index (κ3) is 5.47. The lowest BCUT2D eigenvalue weighted by atomic mass is 10.1. The quantitative estimate of drug-likeness (QED) is 0.333. The van der Waals surface area contributed by atoms with Crippen molar-refractivity contribution in [3.8, 4) is 5.75 Å². The van der Waals surface area contributed by atoms with Crippen molar-refractivity contribution in [2.75, 3.05) is 7.11 Å². The summed E-state index contributed by atoms with van der Waals surface area (Å²) in [5, 5.41) is 13.3. The van der Waals surface area contributed by atoms with Gasteiger partial charge in [0.05, 0.1) is 32.0 Å². The molecule has 35 heavy (non-hydrogen) atoms. The topological polar surface area (TPSA) is 102 Å². The Morgan fingerprint density at radius 1 is 1.03 bits per heavy atom. The number of hydrogen-bond acceptors (Lipinski definition) is 7.